The number of benzene rings is 1. The minimum Gasteiger partial charge on any atom is -0.494 e. The Labute approximate surface area is 121 Å². The van der Waals surface area contributed by atoms with E-state index in [9.17, 15) is 8.42 Å². The van der Waals surface area contributed by atoms with Crippen molar-refractivity contribution in [3.05, 3.63) is 24.3 Å². The molecule has 0 aliphatic rings. The van der Waals surface area contributed by atoms with Gasteiger partial charge in [0.15, 0.2) is 0 Å². The Morgan fingerprint density at radius 2 is 1.85 bits per heavy atom. The highest BCUT2D eigenvalue weighted by Crippen LogP contribution is 2.21. The zero-order chi connectivity index (χ0) is 15.2. The molecule has 0 saturated heterocycles. The van der Waals surface area contributed by atoms with E-state index in [1.807, 2.05) is 20.8 Å². The summed E-state index contributed by atoms with van der Waals surface area (Å²) in [6.45, 7) is 6.46. The molecule has 5 nitrogen and oxygen atoms in total. The van der Waals surface area contributed by atoms with Gasteiger partial charge in [-0.1, -0.05) is 6.92 Å². The molecule has 0 saturated carbocycles. The zero-order valence-electron chi connectivity index (χ0n) is 12.2. The number of nitrogens with zero attached hydrogens (tertiary/aromatic N) is 1. The van der Waals surface area contributed by atoms with Gasteiger partial charge in [-0.3, -0.25) is 0 Å². The van der Waals surface area contributed by atoms with Gasteiger partial charge in [0.2, 0.25) is 10.0 Å². The van der Waals surface area contributed by atoms with Gasteiger partial charge in [-0.2, -0.15) is 4.31 Å². The van der Waals surface area contributed by atoms with Gasteiger partial charge < -0.3 is 9.84 Å². The SMILES string of the molecule is CCN(C(C)C)S(=O)(=O)c1ccc(OCCCO)cc1. The summed E-state index contributed by atoms with van der Waals surface area (Å²) in [7, 11) is -3.45. The second kappa shape index (κ2) is 7.61. The summed E-state index contributed by atoms with van der Waals surface area (Å²) < 4.78 is 31.7. The third-order valence-electron chi connectivity index (χ3n) is 2.89. The lowest BCUT2D eigenvalue weighted by molar-refractivity contribution is 0.233. The van der Waals surface area contributed by atoms with E-state index in [-0.39, 0.29) is 17.5 Å². The van der Waals surface area contributed by atoms with E-state index in [2.05, 4.69) is 0 Å². The first-order valence-corrected chi connectivity index (χ1v) is 8.23. The van der Waals surface area contributed by atoms with Crippen LogP contribution in [0.1, 0.15) is 27.2 Å². The Balaban J connectivity index is 2.86. The van der Waals surface area contributed by atoms with Crippen LogP contribution >= 0.6 is 0 Å². The molecular formula is C14H23NO4S. The fourth-order valence-corrected chi connectivity index (χ4v) is 3.56. The minimum absolute atomic E-state index is 0.0757. The zero-order valence-corrected chi connectivity index (χ0v) is 13.1. The second-order valence-electron chi connectivity index (χ2n) is 4.70. The Kier molecular flexibility index (Phi) is 6.45. The molecule has 0 fully saturated rings. The molecule has 6 heteroatoms. The van der Waals surface area contributed by atoms with Gasteiger partial charge in [-0.05, 0) is 38.1 Å². The molecule has 0 atom stereocenters. The molecule has 0 unspecified atom stereocenters. The molecule has 0 aromatic heterocycles. The molecule has 1 aromatic carbocycles. The van der Waals surface area contributed by atoms with Crippen molar-refractivity contribution in [3.63, 3.8) is 0 Å². The number of aliphatic hydroxyl groups is 1. The van der Waals surface area contributed by atoms with E-state index in [0.29, 0.717) is 25.3 Å². The fraction of sp³-hybridized carbons (Fsp3) is 0.571. The topological polar surface area (TPSA) is 66.8 Å². The number of sulfonamides is 1. The summed E-state index contributed by atoms with van der Waals surface area (Å²) >= 11 is 0. The maximum atomic E-state index is 12.4. The maximum absolute atomic E-state index is 12.4. The average Bonchev–Trinajstić information content (AvgIpc) is 2.39. The fourth-order valence-electron chi connectivity index (χ4n) is 1.91. The van der Waals surface area contributed by atoms with Gasteiger partial charge in [0.05, 0.1) is 11.5 Å². The number of aliphatic hydroxyl groups excluding tert-OH is 1. The monoisotopic (exact) mass is 301 g/mol. The summed E-state index contributed by atoms with van der Waals surface area (Å²) in [6.07, 6.45) is 0.553. The highest BCUT2D eigenvalue weighted by molar-refractivity contribution is 7.89. The molecule has 1 aromatic rings. The average molecular weight is 301 g/mol. The van der Waals surface area contributed by atoms with Crippen LogP contribution in [0.4, 0.5) is 0 Å². The molecule has 0 spiro atoms. The molecule has 1 N–H and O–H groups in total. The summed E-state index contributed by atoms with van der Waals surface area (Å²) in [5.74, 6) is 0.602. The van der Waals surface area contributed by atoms with Crippen molar-refractivity contribution in [2.45, 2.75) is 38.1 Å². The third kappa shape index (κ3) is 4.19. The number of hydrogen-bond acceptors (Lipinski definition) is 4. The first kappa shape index (κ1) is 16.9. The maximum Gasteiger partial charge on any atom is 0.243 e. The van der Waals surface area contributed by atoms with Gasteiger partial charge in [0.1, 0.15) is 5.75 Å². The lowest BCUT2D eigenvalue weighted by Gasteiger charge is -2.24. The molecule has 20 heavy (non-hydrogen) atoms. The highest BCUT2D eigenvalue weighted by atomic mass is 32.2. The quantitative estimate of drug-likeness (QED) is 0.744. The van der Waals surface area contributed by atoms with Gasteiger partial charge in [0, 0.05) is 25.6 Å². The van der Waals surface area contributed by atoms with Gasteiger partial charge in [-0.25, -0.2) is 8.42 Å². The molecule has 114 valence electrons. The Bertz CT molecular complexity index is 496. The van der Waals surface area contributed by atoms with Crippen molar-refractivity contribution in [2.75, 3.05) is 19.8 Å². The van der Waals surface area contributed by atoms with Crippen LogP contribution in [0.5, 0.6) is 5.75 Å². The van der Waals surface area contributed by atoms with Crippen molar-refractivity contribution < 1.29 is 18.3 Å². The van der Waals surface area contributed by atoms with Crippen LogP contribution in [0.2, 0.25) is 0 Å². The van der Waals surface area contributed by atoms with Crippen LogP contribution in [0.25, 0.3) is 0 Å². The molecular weight excluding hydrogens is 278 g/mol. The van der Waals surface area contributed by atoms with Crippen molar-refractivity contribution in [3.8, 4) is 5.75 Å². The molecule has 0 heterocycles. The normalized spacial score (nSPS) is 12.1. The molecule has 0 aliphatic carbocycles. The summed E-state index contributed by atoms with van der Waals surface area (Å²) in [5.41, 5.74) is 0. The first-order chi connectivity index (χ1) is 9.43. The van der Waals surface area contributed by atoms with E-state index < -0.39 is 10.0 Å². The molecule has 0 aliphatic heterocycles. The largest absolute Gasteiger partial charge is 0.494 e. The van der Waals surface area contributed by atoms with E-state index >= 15 is 0 Å². The molecule has 1 rings (SSSR count). The summed E-state index contributed by atoms with van der Waals surface area (Å²) in [4.78, 5) is 0.266. The van der Waals surface area contributed by atoms with E-state index in [1.54, 1.807) is 24.3 Å². The van der Waals surface area contributed by atoms with Crippen LogP contribution in [-0.4, -0.2) is 43.6 Å². The third-order valence-corrected chi connectivity index (χ3v) is 5.05. The lowest BCUT2D eigenvalue weighted by atomic mass is 10.3. The molecule has 0 bridgehead atoms. The van der Waals surface area contributed by atoms with Crippen LogP contribution in [0.15, 0.2) is 29.2 Å². The van der Waals surface area contributed by atoms with E-state index in [1.165, 1.54) is 4.31 Å². The lowest BCUT2D eigenvalue weighted by Crippen LogP contribution is -2.36. The second-order valence-corrected chi connectivity index (χ2v) is 6.59. The number of hydrogen-bond donors (Lipinski definition) is 1. The standard InChI is InChI=1S/C14H23NO4S/c1-4-15(12(2)3)20(17,18)14-8-6-13(7-9-14)19-11-5-10-16/h6-9,12,16H,4-5,10-11H2,1-3H3. The van der Waals surface area contributed by atoms with Crippen molar-refractivity contribution in [1.82, 2.24) is 4.31 Å². The van der Waals surface area contributed by atoms with Gasteiger partial charge >= 0.3 is 0 Å². The van der Waals surface area contributed by atoms with Crippen LogP contribution in [-0.2, 0) is 10.0 Å². The number of rotatable bonds is 8. The van der Waals surface area contributed by atoms with Gasteiger partial charge in [-0.15, -0.1) is 0 Å². The molecule has 0 amide bonds. The molecule has 0 radical (unpaired) electrons. The van der Waals surface area contributed by atoms with Gasteiger partial charge in [0.25, 0.3) is 0 Å². The Morgan fingerprint density at radius 1 is 1.25 bits per heavy atom. The highest BCUT2D eigenvalue weighted by Gasteiger charge is 2.25. The van der Waals surface area contributed by atoms with Crippen molar-refractivity contribution >= 4 is 10.0 Å². The van der Waals surface area contributed by atoms with Crippen molar-refractivity contribution in [2.24, 2.45) is 0 Å². The Hall–Kier alpha value is -1.11. The summed E-state index contributed by atoms with van der Waals surface area (Å²) in [6, 6.07) is 6.30. The predicted octanol–water partition coefficient (Wildman–Crippen LogP) is 1.87. The minimum atomic E-state index is -3.45. The number of ether oxygens (including phenoxy) is 1. The first-order valence-electron chi connectivity index (χ1n) is 6.79. The van der Waals surface area contributed by atoms with E-state index in [0.717, 1.165) is 0 Å². The predicted molar refractivity (Wildman–Crippen MR) is 78.3 cm³/mol. The summed E-state index contributed by atoms with van der Waals surface area (Å²) in [5, 5.41) is 8.67. The van der Waals surface area contributed by atoms with Crippen molar-refractivity contribution in [1.29, 1.82) is 0 Å². The van der Waals surface area contributed by atoms with Crippen LogP contribution in [0, 0.1) is 0 Å². The Morgan fingerprint density at radius 3 is 2.30 bits per heavy atom. The smallest absolute Gasteiger partial charge is 0.243 e. The van der Waals surface area contributed by atoms with Crippen LogP contribution in [0.3, 0.4) is 0 Å². The van der Waals surface area contributed by atoms with E-state index in [4.69, 9.17) is 9.84 Å². The van der Waals surface area contributed by atoms with Crippen LogP contribution < -0.4 is 4.74 Å².